The minimum atomic E-state index is 0.447. The lowest BCUT2D eigenvalue weighted by atomic mass is 10.0. The molecule has 0 amide bonds. The van der Waals surface area contributed by atoms with Crippen molar-refractivity contribution in [2.45, 2.75) is 45.6 Å². The van der Waals surface area contributed by atoms with Gasteiger partial charge in [0, 0.05) is 23.6 Å². The number of rotatable bonds is 6. The number of aromatic nitrogens is 1. The lowest BCUT2D eigenvalue weighted by molar-refractivity contribution is -0.714. The Bertz CT molecular complexity index is 490. The van der Waals surface area contributed by atoms with Crippen molar-refractivity contribution in [2.75, 3.05) is 0 Å². The lowest BCUT2D eigenvalue weighted by Crippen LogP contribution is -2.39. The van der Waals surface area contributed by atoms with E-state index in [4.69, 9.17) is 0 Å². The Morgan fingerprint density at radius 1 is 1.00 bits per heavy atom. The summed E-state index contributed by atoms with van der Waals surface area (Å²) in [4.78, 5) is 0. The summed E-state index contributed by atoms with van der Waals surface area (Å²) in [5, 5.41) is 0. The molecular formula is C18H24N+. The van der Waals surface area contributed by atoms with Crippen LogP contribution in [-0.2, 0) is 6.42 Å². The van der Waals surface area contributed by atoms with E-state index >= 15 is 0 Å². The van der Waals surface area contributed by atoms with Crippen LogP contribution in [0.4, 0.5) is 0 Å². The normalized spacial score (nSPS) is 12.3. The van der Waals surface area contributed by atoms with Crippen molar-refractivity contribution in [3.05, 3.63) is 66.0 Å². The van der Waals surface area contributed by atoms with Crippen LogP contribution < -0.4 is 4.57 Å². The molecule has 1 aromatic heterocycles. The number of pyridine rings is 1. The van der Waals surface area contributed by atoms with Crippen LogP contribution in [0.1, 0.15) is 50.3 Å². The van der Waals surface area contributed by atoms with E-state index in [0.29, 0.717) is 6.04 Å². The maximum Gasteiger partial charge on any atom is 0.183 e. The van der Waals surface area contributed by atoms with Gasteiger partial charge in [-0.15, -0.1) is 0 Å². The van der Waals surface area contributed by atoms with Gasteiger partial charge in [0.05, 0.1) is 0 Å². The van der Waals surface area contributed by atoms with Gasteiger partial charge in [-0.05, 0) is 18.9 Å². The first kappa shape index (κ1) is 13.8. The first-order valence-corrected chi connectivity index (χ1v) is 7.39. The Morgan fingerprint density at radius 2 is 1.79 bits per heavy atom. The van der Waals surface area contributed by atoms with Gasteiger partial charge in [0.2, 0.25) is 0 Å². The molecule has 1 unspecified atom stereocenters. The Hall–Kier alpha value is -1.63. The fourth-order valence-corrected chi connectivity index (χ4v) is 2.56. The third-order valence-corrected chi connectivity index (χ3v) is 3.63. The molecule has 0 saturated heterocycles. The second kappa shape index (κ2) is 7.08. The molecule has 0 spiro atoms. The Kier molecular flexibility index (Phi) is 5.14. The predicted octanol–water partition coefficient (Wildman–Crippen LogP) is 4.32. The van der Waals surface area contributed by atoms with Gasteiger partial charge in [0.25, 0.3) is 0 Å². The summed E-state index contributed by atoms with van der Waals surface area (Å²) in [5.41, 5.74) is 2.83. The molecule has 2 aromatic rings. The molecule has 1 heteroatoms. The smallest absolute Gasteiger partial charge is 0.183 e. The molecule has 1 atom stereocenters. The summed E-state index contributed by atoms with van der Waals surface area (Å²) in [6.45, 7) is 4.50. The standard InChI is InChI=1S/C18H24N/c1-3-5-10-16-11-9-14-19(15-16)18(4-2)17-12-7-6-8-13-17/h6-9,11-15,18H,3-5,10H2,1-2H3/q+1. The SMILES string of the molecule is CCCCc1ccc[n+](C(CC)c2ccccc2)c1. The van der Waals surface area contributed by atoms with E-state index in [2.05, 4.69) is 73.3 Å². The van der Waals surface area contributed by atoms with Crippen LogP contribution in [0.15, 0.2) is 54.9 Å². The van der Waals surface area contributed by atoms with Gasteiger partial charge in [-0.25, -0.2) is 0 Å². The van der Waals surface area contributed by atoms with Gasteiger partial charge in [0.1, 0.15) is 0 Å². The number of hydrogen-bond acceptors (Lipinski definition) is 0. The quantitative estimate of drug-likeness (QED) is 0.676. The zero-order chi connectivity index (χ0) is 13.5. The molecule has 1 heterocycles. The fraction of sp³-hybridized carbons (Fsp3) is 0.389. The fourth-order valence-electron chi connectivity index (χ4n) is 2.56. The molecule has 2 rings (SSSR count). The molecule has 1 nitrogen and oxygen atoms in total. The number of unbranched alkanes of at least 4 members (excludes halogenated alkanes) is 1. The van der Waals surface area contributed by atoms with Gasteiger partial charge >= 0.3 is 0 Å². The van der Waals surface area contributed by atoms with Gasteiger partial charge in [-0.2, -0.15) is 4.57 Å². The van der Waals surface area contributed by atoms with Gasteiger partial charge in [-0.3, -0.25) is 0 Å². The Labute approximate surface area is 116 Å². The van der Waals surface area contributed by atoms with Crippen molar-refractivity contribution in [3.63, 3.8) is 0 Å². The predicted molar refractivity (Wildman–Crippen MR) is 80.1 cm³/mol. The first-order valence-electron chi connectivity index (χ1n) is 7.39. The highest BCUT2D eigenvalue weighted by atomic mass is 15.0. The van der Waals surface area contributed by atoms with E-state index in [1.165, 1.54) is 30.4 Å². The van der Waals surface area contributed by atoms with Gasteiger partial charge < -0.3 is 0 Å². The lowest BCUT2D eigenvalue weighted by Gasteiger charge is -2.11. The average molecular weight is 254 g/mol. The largest absolute Gasteiger partial charge is 0.198 e. The molecule has 100 valence electrons. The number of nitrogens with zero attached hydrogens (tertiary/aromatic N) is 1. The van der Waals surface area contributed by atoms with Crippen molar-refractivity contribution in [1.29, 1.82) is 0 Å². The van der Waals surface area contributed by atoms with Crippen molar-refractivity contribution < 1.29 is 4.57 Å². The van der Waals surface area contributed by atoms with Crippen LogP contribution in [-0.4, -0.2) is 0 Å². The Balaban J connectivity index is 2.23. The molecule has 0 aliphatic rings. The summed E-state index contributed by atoms with van der Waals surface area (Å²) in [6.07, 6.45) is 9.33. The molecule has 0 fully saturated rings. The van der Waals surface area contributed by atoms with Gasteiger partial charge in [0.15, 0.2) is 18.4 Å². The maximum atomic E-state index is 2.36. The molecule has 0 bridgehead atoms. The summed E-state index contributed by atoms with van der Waals surface area (Å²) < 4.78 is 2.36. The number of benzene rings is 1. The van der Waals surface area contributed by atoms with E-state index in [9.17, 15) is 0 Å². The third kappa shape index (κ3) is 3.66. The van der Waals surface area contributed by atoms with Crippen molar-refractivity contribution >= 4 is 0 Å². The highest BCUT2D eigenvalue weighted by Gasteiger charge is 2.18. The zero-order valence-electron chi connectivity index (χ0n) is 12.0. The van der Waals surface area contributed by atoms with E-state index in [0.717, 1.165) is 6.42 Å². The first-order chi connectivity index (χ1) is 9.35. The summed E-state index contributed by atoms with van der Waals surface area (Å²) in [5.74, 6) is 0. The minimum Gasteiger partial charge on any atom is -0.198 e. The minimum absolute atomic E-state index is 0.447. The van der Waals surface area contributed by atoms with Crippen LogP contribution in [0, 0.1) is 0 Å². The van der Waals surface area contributed by atoms with Crippen LogP contribution in [0.3, 0.4) is 0 Å². The molecule has 0 N–H and O–H groups in total. The average Bonchev–Trinajstić information content (AvgIpc) is 2.47. The topological polar surface area (TPSA) is 3.88 Å². The number of hydrogen-bond donors (Lipinski definition) is 0. The van der Waals surface area contributed by atoms with E-state index in [-0.39, 0.29) is 0 Å². The van der Waals surface area contributed by atoms with E-state index in [1.807, 2.05) is 0 Å². The molecule has 0 saturated carbocycles. The van der Waals surface area contributed by atoms with Crippen molar-refractivity contribution in [2.24, 2.45) is 0 Å². The van der Waals surface area contributed by atoms with Crippen LogP contribution >= 0.6 is 0 Å². The highest BCUT2D eigenvalue weighted by molar-refractivity contribution is 5.17. The molecule has 0 aliphatic carbocycles. The second-order valence-corrected chi connectivity index (χ2v) is 5.10. The van der Waals surface area contributed by atoms with Crippen LogP contribution in [0.25, 0.3) is 0 Å². The zero-order valence-corrected chi connectivity index (χ0v) is 12.0. The van der Waals surface area contributed by atoms with E-state index < -0.39 is 0 Å². The molecule has 0 aliphatic heterocycles. The van der Waals surface area contributed by atoms with Crippen molar-refractivity contribution in [1.82, 2.24) is 0 Å². The van der Waals surface area contributed by atoms with E-state index in [1.54, 1.807) is 0 Å². The summed E-state index contributed by atoms with van der Waals surface area (Å²) >= 11 is 0. The molecule has 19 heavy (non-hydrogen) atoms. The Morgan fingerprint density at radius 3 is 2.47 bits per heavy atom. The van der Waals surface area contributed by atoms with Crippen LogP contribution in [0.5, 0.6) is 0 Å². The highest BCUT2D eigenvalue weighted by Crippen LogP contribution is 2.16. The molecule has 1 aromatic carbocycles. The number of aryl methyl sites for hydroxylation is 1. The molecular weight excluding hydrogens is 230 g/mol. The summed E-state index contributed by atoms with van der Waals surface area (Å²) in [6, 6.07) is 15.6. The van der Waals surface area contributed by atoms with Gasteiger partial charge in [-0.1, -0.05) is 50.6 Å². The van der Waals surface area contributed by atoms with Crippen LogP contribution in [0.2, 0.25) is 0 Å². The maximum absolute atomic E-state index is 2.36. The van der Waals surface area contributed by atoms with Crippen molar-refractivity contribution in [3.8, 4) is 0 Å². The molecule has 0 radical (unpaired) electrons. The summed E-state index contributed by atoms with van der Waals surface area (Å²) in [7, 11) is 0. The third-order valence-electron chi connectivity index (χ3n) is 3.63. The second-order valence-electron chi connectivity index (χ2n) is 5.10. The monoisotopic (exact) mass is 254 g/mol.